The summed E-state index contributed by atoms with van der Waals surface area (Å²) in [5, 5.41) is 3.65. The molecule has 1 aliphatic heterocycles. The van der Waals surface area contributed by atoms with E-state index < -0.39 is 10.9 Å². The summed E-state index contributed by atoms with van der Waals surface area (Å²) in [6.45, 7) is 1.71. The molecule has 3 aromatic rings. The van der Waals surface area contributed by atoms with Crippen molar-refractivity contribution in [3.8, 4) is 11.5 Å². The Hall–Kier alpha value is -2.83. The Bertz CT molecular complexity index is 1100. The third-order valence-corrected chi connectivity index (χ3v) is 4.98. The number of ether oxygens (including phenoxy) is 1. The molecule has 28 heavy (non-hydrogen) atoms. The summed E-state index contributed by atoms with van der Waals surface area (Å²) in [6.07, 6.45) is 0. The minimum atomic E-state index is -0.502. The fourth-order valence-corrected chi connectivity index (χ4v) is 3.47. The molecule has 1 aliphatic rings. The molecule has 0 aliphatic carbocycles. The number of hydrogen-bond donors (Lipinski definition) is 1. The number of benzene rings is 2. The Morgan fingerprint density at radius 3 is 2.68 bits per heavy atom. The number of rotatable bonds is 5. The van der Waals surface area contributed by atoms with Gasteiger partial charge in [0.25, 0.3) is 10.9 Å². The van der Waals surface area contributed by atoms with Gasteiger partial charge in [-0.3, -0.25) is 9.59 Å². The van der Waals surface area contributed by atoms with E-state index in [0.29, 0.717) is 40.9 Å². The third-order valence-electron chi connectivity index (χ3n) is 4.75. The van der Waals surface area contributed by atoms with Crippen LogP contribution in [0.1, 0.15) is 5.56 Å². The highest BCUT2D eigenvalue weighted by molar-refractivity contribution is 6.31. The summed E-state index contributed by atoms with van der Waals surface area (Å²) in [5.74, 6) is 1.30. The van der Waals surface area contributed by atoms with Crippen molar-refractivity contribution in [2.75, 3.05) is 37.4 Å². The van der Waals surface area contributed by atoms with Crippen LogP contribution >= 0.6 is 11.6 Å². The van der Waals surface area contributed by atoms with E-state index in [2.05, 4.69) is 5.32 Å². The van der Waals surface area contributed by atoms with Gasteiger partial charge in [-0.2, -0.15) is 0 Å². The largest absolute Gasteiger partial charge is 0.455 e. The van der Waals surface area contributed by atoms with Crippen molar-refractivity contribution in [3.05, 3.63) is 73.5 Å². The fraction of sp³-hybridized carbons (Fsp3) is 0.238. The van der Waals surface area contributed by atoms with E-state index in [1.54, 1.807) is 18.2 Å². The van der Waals surface area contributed by atoms with Gasteiger partial charge in [0.05, 0.1) is 12.2 Å². The lowest BCUT2D eigenvalue weighted by Gasteiger charge is -2.27. The standard InChI is InChI=1S/C21H20ClN3O3/c1-24(2)10-9-23-18-19(21(27)20(18)26)25-12-13-5-3-4-6-16(13)28-17-8-7-14(22)11-15(17)25/h3-8,11,23H,9-10,12H2,1-2H3. The molecule has 0 amide bonds. The zero-order chi connectivity index (χ0) is 19.8. The van der Waals surface area contributed by atoms with Gasteiger partial charge in [0.2, 0.25) is 0 Å². The summed E-state index contributed by atoms with van der Waals surface area (Å²) in [4.78, 5) is 28.6. The molecule has 0 fully saturated rings. The number of fused-ring (bicyclic) bond motifs is 2. The average molecular weight is 398 g/mol. The Kier molecular flexibility index (Phi) is 4.83. The van der Waals surface area contributed by atoms with Gasteiger partial charge in [0, 0.05) is 23.7 Å². The quantitative estimate of drug-likeness (QED) is 0.666. The Balaban J connectivity index is 1.79. The number of halogens is 1. The smallest absolute Gasteiger partial charge is 0.253 e. The second kappa shape index (κ2) is 7.30. The summed E-state index contributed by atoms with van der Waals surface area (Å²) in [5.41, 5.74) is 1.28. The van der Waals surface area contributed by atoms with Crippen molar-refractivity contribution in [1.29, 1.82) is 0 Å². The van der Waals surface area contributed by atoms with E-state index in [1.807, 2.05) is 48.2 Å². The van der Waals surface area contributed by atoms with Crippen molar-refractivity contribution in [1.82, 2.24) is 4.90 Å². The van der Waals surface area contributed by atoms with Gasteiger partial charge in [-0.05, 0) is 38.4 Å². The highest BCUT2D eigenvalue weighted by Gasteiger charge is 2.31. The molecule has 4 rings (SSSR count). The molecule has 0 unspecified atom stereocenters. The van der Waals surface area contributed by atoms with Crippen LogP contribution in [0.25, 0.3) is 0 Å². The van der Waals surface area contributed by atoms with E-state index in [-0.39, 0.29) is 0 Å². The molecule has 0 atom stereocenters. The summed E-state index contributed by atoms with van der Waals surface area (Å²) in [6, 6.07) is 12.9. The molecule has 7 heteroatoms. The summed E-state index contributed by atoms with van der Waals surface area (Å²) in [7, 11) is 3.90. The Labute approximate surface area is 167 Å². The maximum Gasteiger partial charge on any atom is 0.253 e. The first kappa shape index (κ1) is 18.5. The van der Waals surface area contributed by atoms with Crippen molar-refractivity contribution in [2.45, 2.75) is 6.54 Å². The van der Waals surface area contributed by atoms with E-state index in [9.17, 15) is 9.59 Å². The molecule has 0 saturated heterocycles. The van der Waals surface area contributed by atoms with Crippen molar-refractivity contribution in [2.24, 2.45) is 0 Å². The zero-order valence-corrected chi connectivity index (χ0v) is 16.4. The predicted octanol–water partition coefficient (Wildman–Crippen LogP) is 3.35. The topological polar surface area (TPSA) is 61.9 Å². The summed E-state index contributed by atoms with van der Waals surface area (Å²) < 4.78 is 6.07. The zero-order valence-electron chi connectivity index (χ0n) is 15.7. The lowest BCUT2D eigenvalue weighted by molar-refractivity contribution is 0.425. The monoisotopic (exact) mass is 397 g/mol. The number of likely N-dealkylation sites (N-methyl/N-ethyl adjacent to an activating group) is 1. The predicted molar refractivity (Wildman–Crippen MR) is 112 cm³/mol. The van der Waals surface area contributed by atoms with Crippen LogP contribution in [0.4, 0.5) is 17.1 Å². The maximum atomic E-state index is 12.5. The molecule has 0 spiro atoms. The number of anilines is 3. The lowest BCUT2D eigenvalue weighted by Crippen LogP contribution is -2.41. The van der Waals surface area contributed by atoms with Crippen LogP contribution < -0.4 is 25.8 Å². The van der Waals surface area contributed by atoms with E-state index >= 15 is 0 Å². The lowest BCUT2D eigenvalue weighted by atomic mass is 10.1. The molecular weight excluding hydrogens is 378 g/mol. The van der Waals surface area contributed by atoms with Gasteiger partial charge in [-0.1, -0.05) is 29.8 Å². The van der Waals surface area contributed by atoms with Gasteiger partial charge in [-0.15, -0.1) is 0 Å². The molecule has 1 N–H and O–H groups in total. The minimum Gasteiger partial charge on any atom is -0.455 e. The van der Waals surface area contributed by atoms with E-state index in [4.69, 9.17) is 16.3 Å². The van der Waals surface area contributed by atoms with Crippen molar-refractivity contribution < 1.29 is 4.74 Å². The van der Waals surface area contributed by atoms with Crippen LogP contribution in [0.5, 0.6) is 11.5 Å². The van der Waals surface area contributed by atoms with Crippen LogP contribution in [0, 0.1) is 0 Å². The van der Waals surface area contributed by atoms with Crippen molar-refractivity contribution in [3.63, 3.8) is 0 Å². The molecule has 0 radical (unpaired) electrons. The normalized spacial score (nSPS) is 13.1. The molecular formula is C21H20ClN3O3. The second-order valence-corrected chi connectivity index (χ2v) is 7.46. The van der Waals surface area contributed by atoms with Crippen molar-refractivity contribution >= 4 is 28.7 Å². The first-order valence-corrected chi connectivity index (χ1v) is 9.38. The molecule has 6 nitrogen and oxygen atoms in total. The van der Waals surface area contributed by atoms with Crippen LogP contribution in [-0.2, 0) is 6.54 Å². The number of nitrogens with one attached hydrogen (secondary N) is 1. The second-order valence-electron chi connectivity index (χ2n) is 7.02. The van der Waals surface area contributed by atoms with Crippen LogP contribution in [0.15, 0.2) is 52.1 Å². The van der Waals surface area contributed by atoms with E-state index in [1.165, 1.54) is 0 Å². The molecule has 1 heterocycles. The first-order valence-electron chi connectivity index (χ1n) is 9.00. The van der Waals surface area contributed by atoms with Crippen LogP contribution in [0.2, 0.25) is 5.02 Å². The van der Waals surface area contributed by atoms with Gasteiger partial charge in [0.1, 0.15) is 17.1 Å². The van der Waals surface area contributed by atoms with Gasteiger partial charge in [-0.25, -0.2) is 0 Å². The van der Waals surface area contributed by atoms with Gasteiger partial charge in [0.15, 0.2) is 5.75 Å². The fourth-order valence-electron chi connectivity index (χ4n) is 3.30. The van der Waals surface area contributed by atoms with Crippen LogP contribution in [-0.4, -0.2) is 32.1 Å². The maximum absolute atomic E-state index is 12.5. The minimum absolute atomic E-state index is 0.345. The summed E-state index contributed by atoms with van der Waals surface area (Å²) >= 11 is 6.22. The van der Waals surface area contributed by atoms with E-state index in [0.717, 1.165) is 17.9 Å². The Morgan fingerprint density at radius 2 is 1.89 bits per heavy atom. The molecule has 0 saturated carbocycles. The Morgan fingerprint density at radius 1 is 1.11 bits per heavy atom. The average Bonchev–Trinajstić information content (AvgIpc) is 2.83. The number of para-hydroxylation sites is 1. The number of hydrogen-bond acceptors (Lipinski definition) is 6. The van der Waals surface area contributed by atoms with Crippen LogP contribution in [0.3, 0.4) is 0 Å². The van der Waals surface area contributed by atoms with Gasteiger partial charge < -0.3 is 19.9 Å². The molecule has 0 bridgehead atoms. The highest BCUT2D eigenvalue weighted by Crippen LogP contribution is 2.44. The molecule has 144 valence electrons. The SMILES string of the molecule is CN(C)CCNc1c(N2Cc3ccccc3Oc3ccc(Cl)cc32)c(=O)c1=O. The first-order chi connectivity index (χ1) is 13.5. The number of nitrogens with zero attached hydrogens (tertiary/aromatic N) is 2. The molecule has 3 aromatic carbocycles. The molecule has 0 aromatic heterocycles. The third kappa shape index (κ3) is 3.25. The highest BCUT2D eigenvalue weighted by atomic mass is 35.5. The van der Waals surface area contributed by atoms with Gasteiger partial charge >= 0.3 is 0 Å².